The van der Waals surface area contributed by atoms with Crippen LogP contribution in [-0.2, 0) is 12.0 Å². The Kier molecular flexibility index (Phi) is 4.87. The van der Waals surface area contributed by atoms with Crippen LogP contribution in [-0.4, -0.2) is 17.3 Å². The zero-order valence-corrected chi connectivity index (χ0v) is 15.1. The summed E-state index contributed by atoms with van der Waals surface area (Å²) in [4.78, 5) is 2.79. The summed E-state index contributed by atoms with van der Waals surface area (Å²) in [6.45, 7) is 12.9. The molecule has 1 saturated carbocycles. The Balaban J connectivity index is 1.81. The SMILES string of the molecule is CC1(C)CCC(O)(CNCc2ccc(C(C)(C)C)s2)CC1. The minimum absolute atomic E-state index is 0.232. The van der Waals surface area contributed by atoms with Crippen molar-refractivity contribution in [3.63, 3.8) is 0 Å². The molecule has 2 N–H and O–H groups in total. The lowest BCUT2D eigenvalue weighted by Crippen LogP contribution is -2.44. The van der Waals surface area contributed by atoms with Gasteiger partial charge in [-0.05, 0) is 48.6 Å². The van der Waals surface area contributed by atoms with Crippen molar-refractivity contribution in [2.45, 2.75) is 77.9 Å². The van der Waals surface area contributed by atoms with Gasteiger partial charge in [-0.1, -0.05) is 34.6 Å². The Bertz CT molecular complexity index is 460. The molecule has 3 heteroatoms. The van der Waals surface area contributed by atoms with Gasteiger partial charge in [0.15, 0.2) is 0 Å². The van der Waals surface area contributed by atoms with Crippen LogP contribution in [0.3, 0.4) is 0 Å². The summed E-state index contributed by atoms with van der Waals surface area (Å²) in [5.41, 5.74) is 0.136. The molecule has 21 heavy (non-hydrogen) atoms. The highest BCUT2D eigenvalue weighted by molar-refractivity contribution is 7.12. The van der Waals surface area contributed by atoms with Crippen LogP contribution in [0.1, 0.15) is 70.1 Å². The van der Waals surface area contributed by atoms with Crippen molar-refractivity contribution >= 4 is 11.3 Å². The third kappa shape index (κ3) is 4.80. The van der Waals surface area contributed by atoms with E-state index in [9.17, 15) is 5.11 Å². The first kappa shape index (κ1) is 17.0. The highest BCUT2D eigenvalue weighted by Crippen LogP contribution is 2.39. The molecule has 1 heterocycles. The van der Waals surface area contributed by atoms with Crippen molar-refractivity contribution in [2.75, 3.05) is 6.54 Å². The molecule has 2 rings (SSSR count). The fourth-order valence-electron chi connectivity index (χ4n) is 2.86. The van der Waals surface area contributed by atoms with E-state index < -0.39 is 5.60 Å². The second-order valence-electron chi connectivity index (χ2n) is 8.51. The minimum Gasteiger partial charge on any atom is -0.389 e. The Labute approximate surface area is 134 Å². The Morgan fingerprint density at radius 1 is 1.14 bits per heavy atom. The van der Waals surface area contributed by atoms with Gasteiger partial charge in [-0.2, -0.15) is 0 Å². The van der Waals surface area contributed by atoms with Gasteiger partial charge >= 0.3 is 0 Å². The van der Waals surface area contributed by atoms with Crippen molar-refractivity contribution < 1.29 is 5.11 Å². The van der Waals surface area contributed by atoms with E-state index in [1.807, 2.05) is 11.3 Å². The van der Waals surface area contributed by atoms with Gasteiger partial charge in [-0.25, -0.2) is 0 Å². The monoisotopic (exact) mass is 309 g/mol. The number of hydrogen-bond donors (Lipinski definition) is 2. The molecule has 0 spiro atoms. The summed E-state index contributed by atoms with van der Waals surface area (Å²) in [5.74, 6) is 0. The maximum Gasteiger partial charge on any atom is 0.0772 e. The van der Waals surface area contributed by atoms with Gasteiger partial charge in [-0.15, -0.1) is 11.3 Å². The fraction of sp³-hybridized carbons (Fsp3) is 0.778. The highest BCUT2D eigenvalue weighted by atomic mass is 32.1. The standard InChI is InChI=1S/C18H31NOS/c1-16(2,3)15-7-6-14(21-15)12-19-13-18(20)10-8-17(4,5)9-11-18/h6-7,19-20H,8-13H2,1-5H3. The zero-order valence-electron chi connectivity index (χ0n) is 14.3. The molecule has 0 aliphatic heterocycles. The maximum atomic E-state index is 10.7. The summed E-state index contributed by atoms with van der Waals surface area (Å²) < 4.78 is 0. The van der Waals surface area contributed by atoms with Crippen molar-refractivity contribution in [1.82, 2.24) is 5.32 Å². The van der Waals surface area contributed by atoms with E-state index in [1.165, 1.54) is 9.75 Å². The largest absolute Gasteiger partial charge is 0.389 e. The third-order valence-corrected chi connectivity index (χ3v) is 6.20. The lowest BCUT2D eigenvalue weighted by molar-refractivity contribution is -0.0244. The van der Waals surface area contributed by atoms with Crippen LogP contribution in [0.25, 0.3) is 0 Å². The van der Waals surface area contributed by atoms with Crippen molar-refractivity contribution in [1.29, 1.82) is 0 Å². The van der Waals surface area contributed by atoms with Gasteiger partial charge in [0.1, 0.15) is 0 Å². The predicted molar refractivity (Wildman–Crippen MR) is 91.9 cm³/mol. The van der Waals surface area contributed by atoms with Gasteiger partial charge in [0.25, 0.3) is 0 Å². The molecule has 0 saturated heterocycles. The Morgan fingerprint density at radius 2 is 1.76 bits per heavy atom. The van der Waals surface area contributed by atoms with Crippen molar-refractivity contribution in [2.24, 2.45) is 5.41 Å². The van der Waals surface area contributed by atoms with Crippen molar-refractivity contribution in [3.05, 3.63) is 21.9 Å². The van der Waals surface area contributed by atoms with Crippen LogP contribution < -0.4 is 5.32 Å². The van der Waals surface area contributed by atoms with Gasteiger partial charge < -0.3 is 10.4 Å². The lowest BCUT2D eigenvalue weighted by Gasteiger charge is -2.40. The molecule has 1 aliphatic rings. The smallest absolute Gasteiger partial charge is 0.0772 e. The Morgan fingerprint density at radius 3 is 2.29 bits per heavy atom. The van der Waals surface area contributed by atoms with Gasteiger partial charge in [0.2, 0.25) is 0 Å². The van der Waals surface area contributed by atoms with Crippen LogP contribution in [0.2, 0.25) is 0 Å². The number of rotatable bonds is 4. The summed E-state index contributed by atoms with van der Waals surface area (Å²) in [5, 5.41) is 14.1. The molecule has 0 amide bonds. The molecule has 2 nitrogen and oxygen atoms in total. The minimum atomic E-state index is -0.500. The van der Waals surface area contributed by atoms with E-state index in [1.54, 1.807) is 0 Å². The topological polar surface area (TPSA) is 32.3 Å². The zero-order chi connectivity index (χ0) is 15.7. The molecule has 1 aromatic rings. The quantitative estimate of drug-likeness (QED) is 0.860. The van der Waals surface area contributed by atoms with E-state index in [4.69, 9.17) is 0 Å². The maximum absolute atomic E-state index is 10.7. The lowest BCUT2D eigenvalue weighted by atomic mass is 9.71. The van der Waals surface area contributed by atoms with Crippen LogP contribution >= 0.6 is 11.3 Å². The van der Waals surface area contributed by atoms with Crippen LogP contribution in [0, 0.1) is 5.41 Å². The third-order valence-electron chi connectivity index (χ3n) is 4.69. The van der Waals surface area contributed by atoms with Crippen LogP contribution in [0.5, 0.6) is 0 Å². The molecular weight excluding hydrogens is 278 g/mol. The average Bonchev–Trinajstić information content (AvgIpc) is 2.83. The molecule has 1 aromatic heterocycles. The molecule has 0 atom stereocenters. The van der Waals surface area contributed by atoms with Gasteiger partial charge in [-0.3, -0.25) is 0 Å². The molecule has 120 valence electrons. The molecule has 0 aromatic carbocycles. The van der Waals surface area contributed by atoms with E-state index in [0.717, 1.165) is 32.2 Å². The first-order chi connectivity index (χ1) is 9.60. The average molecular weight is 310 g/mol. The van der Waals surface area contributed by atoms with E-state index in [2.05, 4.69) is 52.1 Å². The van der Waals surface area contributed by atoms with Gasteiger partial charge in [0.05, 0.1) is 5.60 Å². The number of thiophene rings is 1. The predicted octanol–water partition coefficient (Wildman–Crippen LogP) is 4.47. The van der Waals surface area contributed by atoms with E-state index >= 15 is 0 Å². The summed E-state index contributed by atoms with van der Waals surface area (Å²) >= 11 is 1.88. The molecule has 0 radical (unpaired) electrons. The first-order valence-electron chi connectivity index (χ1n) is 8.12. The number of aliphatic hydroxyl groups is 1. The second kappa shape index (κ2) is 6.02. The molecule has 0 bridgehead atoms. The number of hydrogen-bond acceptors (Lipinski definition) is 3. The van der Waals surface area contributed by atoms with Crippen LogP contribution in [0.15, 0.2) is 12.1 Å². The van der Waals surface area contributed by atoms with E-state index in [0.29, 0.717) is 12.0 Å². The highest BCUT2D eigenvalue weighted by Gasteiger charge is 2.36. The molecule has 1 fully saturated rings. The summed E-state index contributed by atoms with van der Waals surface area (Å²) in [7, 11) is 0. The Hall–Kier alpha value is -0.380. The van der Waals surface area contributed by atoms with E-state index in [-0.39, 0.29) is 5.41 Å². The first-order valence-corrected chi connectivity index (χ1v) is 8.94. The summed E-state index contributed by atoms with van der Waals surface area (Å²) in [6.07, 6.45) is 4.09. The molecule has 0 unspecified atom stereocenters. The number of nitrogens with one attached hydrogen (secondary N) is 1. The second-order valence-corrected chi connectivity index (χ2v) is 9.68. The molecular formula is C18H31NOS. The summed E-state index contributed by atoms with van der Waals surface area (Å²) in [6, 6.07) is 4.45. The van der Waals surface area contributed by atoms with Gasteiger partial charge in [0, 0.05) is 22.8 Å². The normalized spacial score (nSPS) is 21.4. The van der Waals surface area contributed by atoms with Crippen molar-refractivity contribution in [3.8, 4) is 0 Å². The van der Waals surface area contributed by atoms with Crippen LogP contribution in [0.4, 0.5) is 0 Å². The molecule has 1 aliphatic carbocycles. The fourth-order valence-corrected chi connectivity index (χ4v) is 3.90.